The molecule has 0 bridgehead atoms. The summed E-state index contributed by atoms with van der Waals surface area (Å²) in [5, 5.41) is 13.4. The molecule has 0 fully saturated rings. The molecule has 8 heteroatoms. The lowest BCUT2D eigenvalue weighted by atomic mass is 10.1. The van der Waals surface area contributed by atoms with E-state index < -0.39 is 24.0 Å². The SMILES string of the molecule is NC(C(=O)N[C@@H](Cc1cnc[nH]1)C(=O)O)c1cccs1. The number of imidazole rings is 1. The van der Waals surface area contributed by atoms with Gasteiger partial charge < -0.3 is 21.1 Å². The van der Waals surface area contributed by atoms with Crippen LogP contribution in [0.4, 0.5) is 0 Å². The van der Waals surface area contributed by atoms with Gasteiger partial charge in [0.15, 0.2) is 0 Å². The van der Waals surface area contributed by atoms with Crippen LogP contribution in [0.25, 0.3) is 0 Å². The lowest BCUT2D eigenvalue weighted by molar-refractivity contribution is -0.142. The summed E-state index contributed by atoms with van der Waals surface area (Å²) in [7, 11) is 0. The van der Waals surface area contributed by atoms with Gasteiger partial charge in [0.2, 0.25) is 5.91 Å². The summed E-state index contributed by atoms with van der Waals surface area (Å²) in [6, 6.07) is 1.61. The lowest BCUT2D eigenvalue weighted by Crippen LogP contribution is -2.46. The van der Waals surface area contributed by atoms with Crippen LogP contribution in [0.15, 0.2) is 30.0 Å². The minimum absolute atomic E-state index is 0.123. The molecule has 5 N–H and O–H groups in total. The Morgan fingerprint density at radius 2 is 2.35 bits per heavy atom. The number of nitrogens with two attached hydrogens (primary N) is 1. The summed E-state index contributed by atoms with van der Waals surface area (Å²) in [5.74, 6) is -1.63. The number of hydrogen-bond acceptors (Lipinski definition) is 5. The number of aliphatic carboxylic acids is 1. The van der Waals surface area contributed by atoms with Crippen molar-refractivity contribution in [3.63, 3.8) is 0 Å². The molecule has 7 nitrogen and oxygen atoms in total. The van der Waals surface area contributed by atoms with Gasteiger partial charge in [-0.05, 0) is 11.4 Å². The number of carboxylic acids is 1. The van der Waals surface area contributed by atoms with Crippen LogP contribution in [-0.4, -0.2) is 33.0 Å². The average Bonchev–Trinajstić information content (AvgIpc) is 3.09. The number of carbonyl (C=O) groups excluding carboxylic acids is 1. The van der Waals surface area contributed by atoms with Gasteiger partial charge in [0, 0.05) is 23.2 Å². The standard InChI is InChI=1S/C12H14N4O3S/c13-10(9-2-1-3-20-9)11(17)16-8(12(18)19)4-7-5-14-6-15-7/h1-3,5-6,8,10H,4,13H2,(H,14,15)(H,16,17)(H,18,19)/t8-,10?/m0/s1. The molecule has 1 amide bonds. The number of thiophene rings is 1. The first kappa shape index (κ1) is 14.2. The maximum Gasteiger partial charge on any atom is 0.326 e. The number of rotatable bonds is 6. The van der Waals surface area contributed by atoms with Crippen LogP contribution in [0.3, 0.4) is 0 Å². The zero-order valence-corrected chi connectivity index (χ0v) is 11.3. The van der Waals surface area contributed by atoms with Crippen LogP contribution in [-0.2, 0) is 16.0 Å². The van der Waals surface area contributed by atoms with Gasteiger partial charge in [-0.2, -0.15) is 0 Å². The molecule has 0 radical (unpaired) electrons. The number of carboxylic acid groups (broad SMARTS) is 1. The third kappa shape index (κ3) is 3.43. The number of carbonyl (C=O) groups is 2. The van der Waals surface area contributed by atoms with Crippen LogP contribution in [0.5, 0.6) is 0 Å². The summed E-state index contributed by atoms with van der Waals surface area (Å²) in [4.78, 5) is 30.4. The van der Waals surface area contributed by atoms with E-state index in [0.29, 0.717) is 10.6 Å². The van der Waals surface area contributed by atoms with Gasteiger partial charge in [-0.1, -0.05) is 6.07 Å². The Morgan fingerprint density at radius 1 is 1.55 bits per heavy atom. The molecule has 20 heavy (non-hydrogen) atoms. The molecule has 0 spiro atoms. The van der Waals surface area contributed by atoms with E-state index in [1.165, 1.54) is 23.9 Å². The highest BCUT2D eigenvalue weighted by molar-refractivity contribution is 7.10. The molecule has 2 heterocycles. The average molecular weight is 294 g/mol. The minimum Gasteiger partial charge on any atom is -0.480 e. The molecule has 0 aromatic carbocycles. The first-order chi connectivity index (χ1) is 9.58. The van der Waals surface area contributed by atoms with E-state index in [2.05, 4.69) is 15.3 Å². The van der Waals surface area contributed by atoms with E-state index in [1.807, 2.05) is 5.38 Å². The normalized spacial score (nSPS) is 13.7. The van der Waals surface area contributed by atoms with Crippen molar-refractivity contribution in [1.82, 2.24) is 15.3 Å². The molecule has 0 aliphatic rings. The van der Waals surface area contributed by atoms with Crippen LogP contribution in [0.2, 0.25) is 0 Å². The van der Waals surface area contributed by atoms with E-state index >= 15 is 0 Å². The lowest BCUT2D eigenvalue weighted by Gasteiger charge is -2.16. The van der Waals surface area contributed by atoms with E-state index in [9.17, 15) is 9.59 Å². The largest absolute Gasteiger partial charge is 0.480 e. The maximum absolute atomic E-state index is 12.0. The highest BCUT2D eigenvalue weighted by atomic mass is 32.1. The summed E-state index contributed by atoms with van der Waals surface area (Å²) in [6.45, 7) is 0. The van der Waals surface area contributed by atoms with Crippen molar-refractivity contribution in [3.8, 4) is 0 Å². The van der Waals surface area contributed by atoms with Crippen molar-refractivity contribution in [1.29, 1.82) is 0 Å². The summed E-state index contributed by atoms with van der Waals surface area (Å²) < 4.78 is 0. The molecule has 2 rings (SSSR count). The van der Waals surface area contributed by atoms with Gasteiger partial charge in [-0.25, -0.2) is 9.78 Å². The molecule has 0 aliphatic carbocycles. The quantitative estimate of drug-likeness (QED) is 0.610. The Balaban J connectivity index is 2.01. The second-order valence-corrected chi connectivity index (χ2v) is 5.15. The molecule has 2 atom stereocenters. The summed E-state index contributed by atoms with van der Waals surface area (Å²) >= 11 is 1.35. The molecule has 106 valence electrons. The summed E-state index contributed by atoms with van der Waals surface area (Å²) in [5.41, 5.74) is 6.42. The Kier molecular flexibility index (Phi) is 4.49. The van der Waals surface area contributed by atoms with Crippen molar-refractivity contribution in [3.05, 3.63) is 40.6 Å². The zero-order valence-electron chi connectivity index (χ0n) is 10.4. The van der Waals surface area contributed by atoms with E-state index in [4.69, 9.17) is 10.8 Å². The highest BCUT2D eigenvalue weighted by Gasteiger charge is 2.25. The molecular weight excluding hydrogens is 280 g/mol. The smallest absolute Gasteiger partial charge is 0.326 e. The van der Waals surface area contributed by atoms with Gasteiger partial charge in [0.05, 0.1) is 6.33 Å². The molecule has 2 aromatic rings. The Hall–Kier alpha value is -2.19. The molecule has 0 saturated heterocycles. The first-order valence-electron chi connectivity index (χ1n) is 5.87. The van der Waals surface area contributed by atoms with E-state index in [1.54, 1.807) is 12.1 Å². The topological polar surface area (TPSA) is 121 Å². The number of nitrogens with one attached hydrogen (secondary N) is 2. The van der Waals surface area contributed by atoms with Crippen LogP contribution in [0, 0.1) is 0 Å². The predicted molar refractivity (Wildman–Crippen MR) is 73.1 cm³/mol. The molecular formula is C12H14N4O3S. The van der Waals surface area contributed by atoms with Crippen LogP contribution >= 0.6 is 11.3 Å². The third-order valence-corrected chi connectivity index (χ3v) is 3.68. The van der Waals surface area contributed by atoms with Gasteiger partial charge in [0.1, 0.15) is 12.1 Å². The molecule has 0 saturated carbocycles. The van der Waals surface area contributed by atoms with Crippen LogP contribution in [0.1, 0.15) is 16.6 Å². The third-order valence-electron chi connectivity index (χ3n) is 2.73. The van der Waals surface area contributed by atoms with Crippen LogP contribution < -0.4 is 11.1 Å². The fourth-order valence-corrected chi connectivity index (χ4v) is 2.40. The highest BCUT2D eigenvalue weighted by Crippen LogP contribution is 2.17. The number of amides is 1. The zero-order chi connectivity index (χ0) is 14.5. The Labute approximate surface area is 118 Å². The van der Waals surface area contributed by atoms with E-state index in [0.717, 1.165) is 0 Å². The number of H-pyrrole nitrogens is 1. The van der Waals surface area contributed by atoms with Crippen molar-refractivity contribution in [2.75, 3.05) is 0 Å². The van der Waals surface area contributed by atoms with Gasteiger partial charge in [-0.15, -0.1) is 11.3 Å². The molecule has 0 aliphatic heterocycles. The fraction of sp³-hybridized carbons (Fsp3) is 0.250. The summed E-state index contributed by atoms with van der Waals surface area (Å²) in [6.07, 6.45) is 3.09. The number of aromatic nitrogens is 2. The fourth-order valence-electron chi connectivity index (χ4n) is 1.68. The first-order valence-corrected chi connectivity index (χ1v) is 6.75. The van der Waals surface area contributed by atoms with Crippen molar-refractivity contribution < 1.29 is 14.7 Å². The minimum atomic E-state index is -1.12. The van der Waals surface area contributed by atoms with E-state index in [-0.39, 0.29) is 6.42 Å². The molecule has 1 unspecified atom stereocenters. The van der Waals surface area contributed by atoms with Gasteiger partial charge >= 0.3 is 5.97 Å². The second-order valence-electron chi connectivity index (χ2n) is 4.17. The van der Waals surface area contributed by atoms with Gasteiger partial charge in [0.25, 0.3) is 0 Å². The molecule has 2 aromatic heterocycles. The second kappa shape index (κ2) is 6.31. The van der Waals surface area contributed by atoms with Gasteiger partial charge in [-0.3, -0.25) is 4.79 Å². The van der Waals surface area contributed by atoms with Crippen molar-refractivity contribution >= 4 is 23.2 Å². The Morgan fingerprint density at radius 3 is 2.90 bits per heavy atom. The Bertz CT molecular complexity index is 568. The number of hydrogen-bond donors (Lipinski definition) is 4. The predicted octanol–water partition coefficient (Wildman–Crippen LogP) is 0.283. The van der Waals surface area contributed by atoms with Crippen molar-refractivity contribution in [2.45, 2.75) is 18.5 Å². The number of nitrogens with zero attached hydrogens (tertiary/aromatic N) is 1. The maximum atomic E-state index is 12.0. The van der Waals surface area contributed by atoms with Crippen molar-refractivity contribution in [2.24, 2.45) is 5.73 Å². The number of aromatic amines is 1. The monoisotopic (exact) mass is 294 g/mol.